The van der Waals surface area contributed by atoms with Gasteiger partial charge in [0.25, 0.3) is 0 Å². The lowest BCUT2D eigenvalue weighted by atomic mass is 10.1. The fourth-order valence-corrected chi connectivity index (χ4v) is 2.20. The third-order valence-electron chi connectivity index (χ3n) is 2.68. The second-order valence-corrected chi connectivity index (χ2v) is 5.87. The van der Waals surface area contributed by atoms with Gasteiger partial charge in [0.15, 0.2) is 0 Å². The maximum Gasteiger partial charge on any atom is 0.0246 e. The van der Waals surface area contributed by atoms with Crippen molar-refractivity contribution in [1.82, 2.24) is 5.32 Å². The van der Waals surface area contributed by atoms with Crippen molar-refractivity contribution >= 4 is 16.4 Å². The summed E-state index contributed by atoms with van der Waals surface area (Å²) in [4.78, 5) is 0. The molecule has 1 N–H and O–H groups in total. The molecule has 0 aliphatic heterocycles. The van der Waals surface area contributed by atoms with Crippen LogP contribution in [0.5, 0.6) is 0 Å². The Morgan fingerprint density at radius 3 is 2.65 bits per heavy atom. The predicted molar refractivity (Wildman–Crippen MR) is 76.5 cm³/mol. The van der Waals surface area contributed by atoms with Gasteiger partial charge in [0.05, 0.1) is 0 Å². The Hall–Kier alpha value is -0.930. The predicted octanol–water partition coefficient (Wildman–Crippen LogP) is 2.45. The molecule has 0 amide bonds. The van der Waals surface area contributed by atoms with E-state index in [9.17, 15) is 4.21 Å². The summed E-state index contributed by atoms with van der Waals surface area (Å²) < 4.78 is 11.0. The second-order valence-electron chi connectivity index (χ2n) is 4.32. The zero-order chi connectivity index (χ0) is 12.7. The van der Waals surface area contributed by atoms with E-state index in [1.54, 1.807) is 6.26 Å². The molecule has 94 valence electrons. The lowest BCUT2D eigenvalue weighted by Crippen LogP contribution is -2.28. The van der Waals surface area contributed by atoms with Crippen LogP contribution in [0, 0.1) is 0 Å². The van der Waals surface area contributed by atoms with Crippen molar-refractivity contribution < 1.29 is 4.21 Å². The second kappa shape index (κ2) is 7.41. The topological polar surface area (TPSA) is 29.1 Å². The van der Waals surface area contributed by atoms with E-state index in [1.165, 1.54) is 5.56 Å². The number of hydrogen-bond donors (Lipinski definition) is 1. The van der Waals surface area contributed by atoms with Gasteiger partial charge in [-0.3, -0.25) is 4.21 Å². The Bertz CT molecular complexity index is 375. The van der Waals surface area contributed by atoms with Crippen LogP contribution in [0.4, 0.5) is 0 Å². The highest BCUT2D eigenvalue weighted by molar-refractivity contribution is 7.84. The summed E-state index contributed by atoms with van der Waals surface area (Å²) >= 11 is 0. The van der Waals surface area contributed by atoms with Crippen LogP contribution >= 0.6 is 0 Å². The van der Waals surface area contributed by atoms with Gasteiger partial charge < -0.3 is 5.32 Å². The molecule has 1 aromatic rings. The van der Waals surface area contributed by atoms with Gasteiger partial charge in [-0.2, -0.15) is 0 Å². The van der Waals surface area contributed by atoms with Crippen LogP contribution in [-0.4, -0.2) is 28.8 Å². The van der Waals surface area contributed by atoms with E-state index < -0.39 is 10.8 Å². The van der Waals surface area contributed by atoms with Gasteiger partial charge in [-0.15, -0.1) is 0 Å². The summed E-state index contributed by atoms with van der Waals surface area (Å²) in [6, 6.07) is 10.5. The molecule has 0 radical (unpaired) electrons. The van der Waals surface area contributed by atoms with Gasteiger partial charge in [0, 0.05) is 35.4 Å². The normalized spacial score (nSPS) is 14.2. The minimum Gasteiger partial charge on any atom is -0.310 e. The van der Waals surface area contributed by atoms with Crippen LogP contribution in [-0.2, 0) is 10.8 Å². The third kappa shape index (κ3) is 5.80. The minimum atomic E-state index is -0.699. The highest BCUT2D eigenvalue weighted by Gasteiger charge is 2.04. The quantitative estimate of drug-likeness (QED) is 0.806. The molecule has 17 heavy (non-hydrogen) atoms. The number of hydrogen-bond acceptors (Lipinski definition) is 2. The van der Waals surface area contributed by atoms with Gasteiger partial charge in [-0.1, -0.05) is 36.9 Å². The Labute approximate surface area is 107 Å². The Morgan fingerprint density at radius 2 is 2.06 bits per heavy atom. The maximum absolute atomic E-state index is 11.0. The highest BCUT2D eigenvalue weighted by Crippen LogP contribution is 2.10. The smallest absolute Gasteiger partial charge is 0.0246 e. The molecular weight excluding hydrogens is 230 g/mol. The fraction of sp³-hybridized carbons (Fsp3) is 0.429. The average molecular weight is 251 g/mol. The fourth-order valence-electron chi connectivity index (χ4n) is 1.52. The molecule has 0 saturated heterocycles. The van der Waals surface area contributed by atoms with Crippen LogP contribution in [0.25, 0.3) is 5.57 Å². The molecular formula is C14H21NOS. The van der Waals surface area contributed by atoms with Gasteiger partial charge >= 0.3 is 0 Å². The molecule has 0 fully saturated rings. The highest BCUT2D eigenvalue weighted by atomic mass is 32.2. The molecule has 0 aliphatic rings. The van der Waals surface area contributed by atoms with Crippen molar-refractivity contribution in [2.24, 2.45) is 0 Å². The Kier molecular flexibility index (Phi) is 6.16. The number of rotatable bonds is 7. The van der Waals surface area contributed by atoms with E-state index in [-0.39, 0.29) is 0 Å². The van der Waals surface area contributed by atoms with Crippen LogP contribution < -0.4 is 5.32 Å². The number of nitrogens with one attached hydrogen (secondary N) is 1. The first-order chi connectivity index (χ1) is 8.09. The summed E-state index contributed by atoms with van der Waals surface area (Å²) in [5, 5.41) is 3.40. The van der Waals surface area contributed by atoms with E-state index in [1.807, 2.05) is 18.2 Å². The molecule has 1 rings (SSSR count). The van der Waals surface area contributed by atoms with E-state index in [0.717, 1.165) is 24.3 Å². The molecule has 0 aromatic heterocycles. The molecule has 3 heteroatoms. The van der Waals surface area contributed by atoms with E-state index in [0.29, 0.717) is 6.04 Å². The van der Waals surface area contributed by atoms with Crippen molar-refractivity contribution in [2.45, 2.75) is 19.4 Å². The lowest BCUT2D eigenvalue weighted by molar-refractivity contribution is 0.571. The van der Waals surface area contributed by atoms with E-state index in [4.69, 9.17) is 0 Å². The first-order valence-electron chi connectivity index (χ1n) is 5.86. The maximum atomic E-state index is 11.0. The minimum absolute atomic E-state index is 0.374. The molecule has 2 unspecified atom stereocenters. The number of benzene rings is 1. The zero-order valence-corrected chi connectivity index (χ0v) is 11.4. The molecule has 0 bridgehead atoms. The molecule has 2 nitrogen and oxygen atoms in total. The van der Waals surface area contributed by atoms with E-state index >= 15 is 0 Å². The SMILES string of the molecule is C=C(CNC(C)CCS(C)=O)c1ccccc1. The van der Waals surface area contributed by atoms with Crippen molar-refractivity contribution in [2.75, 3.05) is 18.6 Å². The summed E-state index contributed by atoms with van der Waals surface area (Å²) in [6.07, 6.45) is 2.68. The lowest BCUT2D eigenvalue weighted by Gasteiger charge is -2.14. The van der Waals surface area contributed by atoms with Crippen LogP contribution in [0.1, 0.15) is 18.9 Å². The monoisotopic (exact) mass is 251 g/mol. The Balaban J connectivity index is 2.31. The van der Waals surface area contributed by atoms with Crippen LogP contribution in [0.15, 0.2) is 36.9 Å². The molecule has 0 saturated carbocycles. The van der Waals surface area contributed by atoms with Crippen molar-refractivity contribution in [1.29, 1.82) is 0 Å². The summed E-state index contributed by atoms with van der Waals surface area (Å²) in [6.45, 7) is 6.97. The zero-order valence-electron chi connectivity index (χ0n) is 10.6. The molecule has 0 aliphatic carbocycles. The van der Waals surface area contributed by atoms with Gasteiger partial charge in [-0.25, -0.2) is 0 Å². The molecule has 0 heterocycles. The van der Waals surface area contributed by atoms with Crippen molar-refractivity contribution in [3.8, 4) is 0 Å². The summed E-state index contributed by atoms with van der Waals surface area (Å²) in [5.41, 5.74) is 2.27. The molecule has 1 aromatic carbocycles. The molecule has 0 spiro atoms. The van der Waals surface area contributed by atoms with Crippen LogP contribution in [0.3, 0.4) is 0 Å². The molecule has 2 atom stereocenters. The Morgan fingerprint density at radius 1 is 1.41 bits per heavy atom. The summed E-state index contributed by atoms with van der Waals surface area (Å²) in [5.74, 6) is 0.756. The third-order valence-corrected chi connectivity index (χ3v) is 3.49. The van der Waals surface area contributed by atoms with Gasteiger partial charge in [0.2, 0.25) is 0 Å². The standard InChI is InChI=1S/C14H21NOS/c1-12(14-7-5-4-6-8-14)11-15-13(2)9-10-17(3)16/h4-8,13,15H,1,9-11H2,2-3H3. The van der Waals surface area contributed by atoms with Gasteiger partial charge in [-0.05, 0) is 24.5 Å². The van der Waals surface area contributed by atoms with Crippen LogP contribution in [0.2, 0.25) is 0 Å². The van der Waals surface area contributed by atoms with Crippen molar-refractivity contribution in [3.63, 3.8) is 0 Å². The summed E-state index contributed by atoms with van der Waals surface area (Å²) in [7, 11) is -0.699. The first-order valence-corrected chi connectivity index (χ1v) is 7.59. The van der Waals surface area contributed by atoms with E-state index in [2.05, 4.69) is 31.0 Å². The largest absolute Gasteiger partial charge is 0.310 e. The van der Waals surface area contributed by atoms with Gasteiger partial charge in [0.1, 0.15) is 0 Å². The van der Waals surface area contributed by atoms with Crippen molar-refractivity contribution in [3.05, 3.63) is 42.5 Å². The average Bonchev–Trinajstić information content (AvgIpc) is 2.34. The first kappa shape index (κ1) is 14.1.